The van der Waals surface area contributed by atoms with Crippen LogP contribution in [0.2, 0.25) is 0 Å². The molecule has 3 N–H and O–H groups in total. The molecule has 2 aromatic heterocycles. The molecule has 8 heteroatoms. The van der Waals surface area contributed by atoms with E-state index >= 15 is 0 Å². The molecule has 0 saturated carbocycles. The van der Waals surface area contributed by atoms with E-state index in [0.29, 0.717) is 13.0 Å². The molecule has 1 aliphatic heterocycles. The van der Waals surface area contributed by atoms with Crippen LogP contribution in [0.25, 0.3) is 11.0 Å². The molecule has 0 aliphatic carbocycles. The molecule has 1 unspecified atom stereocenters. The fourth-order valence-electron chi connectivity index (χ4n) is 4.29. The van der Waals surface area contributed by atoms with E-state index in [0.717, 1.165) is 41.2 Å². The number of nitrogens with zero attached hydrogens (tertiary/aromatic N) is 3. The second-order valence-electron chi connectivity index (χ2n) is 7.79. The van der Waals surface area contributed by atoms with E-state index in [1.165, 1.54) is 0 Å². The van der Waals surface area contributed by atoms with Crippen LogP contribution in [0.3, 0.4) is 0 Å². The van der Waals surface area contributed by atoms with E-state index in [2.05, 4.69) is 25.6 Å². The molecule has 1 atom stereocenters. The van der Waals surface area contributed by atoms with Crippen molar-refractivity contribution >= 4 is 28.5 Å². The molecule has 0 radical (unpaired) electrons. The smallest absolute Gasteiger partial charge is 0.238 e. The van der Waals surface area contributed by atoms with Crippen LogP contribution in [0.5, 0.6) is 0 Å². The Bertz CT molecular complexity index is 1060. The van der Waals surface area contributed by atoms with E-state index in [9.17, 15) is 9.59 Å². The number of aryl methyl sites for hydroxylation is 1. The van der Waals surface area contributed by atoms with Gasteiger partial charge >= 0.3 is 0 Å². The minimum absolute atomic E-state index is 0.0635. The molecule has 1 aromatic carbocycles. The number of carbonyl (C=O) groups excluding carboxylic acids is 2. The van der Waals surface area contributed by atoms with Gasteiger partial charge in [-0.2, -0.15) is 0 Å². The Morgan fingerprint density at radius 2 is 2.13 bits per heavy atom. The predicted molar refractivity (Wildman–Crippen MR) is 115 cm³/mol. The lowest BCUT2D eigenvalue weighted by atomic mass is 9.75. The molecule has 3 heterocycles. The third-order valence-corrected chi connectivity index (χ3v) is 5.64. The first-order chi connectivity index (χ1) is 14.5. The van der Waals surface area contributed by atoms with Gasteiger partial charge in [0.1, 0.15) is 11.2 Å². The highest BCUT2D eigenvalue weighted by Crippen LogP contribution is 2.33. The molecule has 0 bridgehead atoms. The third-order valence-electron chi connectivity index (χ3n) is 5.64. The average Bonchev–Trinajstić information content (AvgIpc) is 3.13. The second-order valence-corrected chi connectivity index (χ2v) is 7.79. The number of anilines is 1. The summed E-state index contributed by atoms with van der Waals surface area (Å²) in [7, 11) is 1.64. The maximum absolute atomic E-state index is 12.9. The van der Waals surface area contributed by atoms with Crippen molar-refractivity contribution in [2.24, 2.45) is 0 Å². The van der Waals surface area contributed by atoms with Crippen LogP contribution >= 0.6 is 0 Å². The number of fused-ring (bicyclic) bond motifs is 1. The number of nitrogens with one attached hydrogen (secondary N) is 3. The Hall–Kier alpha value is -3.26. The van der Waals surface area contributed by atoms with Crippen LogP contribution in [0.1, 0.15) is 24.4 Å². The number of likely N-dealkylation sites (N-methyl/N-ethyl adjacent to an activating group) is 1. The molecule has 2 amide bonds. The van der Waals surface area contributed by atoms with E-state index < -0.39 is 5.41 Å². The van der Waals surface area contributed by atoms with Crippen molar-refractivity contribution in [2.45, 2.75) is 25.2 Å². The summed E-state index contributed by atoms with van der Waals surface area (Å²) in [6.07, 6.45) is 3.23. The number of pyridine rings is 1. The summed E-state index contributed by atoms with van der Waals surface area (Å²) in [6.45, 7) is 3.33. The standard InChI is InChI=1S/C22H26N6O2/c1-15-25-17-8-7-16(12-18(17)26-15)27-20(29)13-28-11-5-9-22(14-28,21(30)23-2)19-6-3-4-10-24-19/h3-4,6-8,10,12H,5,9,11,13-14H2,1-2H3,(H,23,30)(H,25,26)(H,27,29). The maximum Gasteiger partial charge on any atom is 0.238 e. The zero-order valence-electron chi connectivity index (χ0n) is 17.2. The lowest BCUT2D eigenvalue weighted by Crippen LogP contribution is -2.55. The van der Waals surface area contributed by atoms with Gasteiger partial charge < -0.3 is 15.6 Å². The molecule has 1 saturated heterocycles. The van der Waals surface area contributed by atoms with Crippen molar-refractivity contribution in [1.29, 1.82) is 0 Å². The topological polar surface area (TPSA) is 103 Å². The number of H-pyrrole nitrogens is 1. The van der Waals surface area contributed by atoms with E-state index in [1.54, 1.807) is 13.2 Å². The lowest BCUT2D eigenvalue weighted by Gasteiger charge is -2.40. The normalized spacial score (nSPS) is 19.5. The molecule has 4 rings (SSSR count). The Morgan fingerprint density at radius 3 is 2.90 bits per heavy atom. The molecular formula is C22H26N6O2. The highest BCUT2D eigenvalue weighted by molar-refractivity contribution is 5.94. The lowest BCUT2D eigenvalue weighted by molar-refractivity contribution is -0.130. The van der Waals surface area contributed by atoms with Gasteiger partial charge in [-0.1, -0.05) is 6.07 Å². The number of piperidine rings is 1. The minimum atomic E-state index is -0.749. The number of hydrogen-bond acceptors (Lipinski definition) is 5. The summed E-state index contributed by atoms with van der Waals surface area (Å²) in [5, 5.41) is 5.75. The number of amides is 2. The number of likely N-dealkylation sites (tertiary alicyclic amines) is 1. The largest absolute Gasteiger partial charge is 0.358 e. The molecule has 156 valence electrons. The van der Waals surface area contributed by atoms with Gasteiger partial charge in [-0.3, -0.25) is 19.5 Å². The van der Waals surface area contributed by atoms with Gasteiger partial charge in [0.2, 0.25) is 11.8 Å². The first-order valence-electron chi connectivity index (χ1n) is 10.1. The van der Waals surface area contributed by atoms with Crippen LogP contribution in [-0.4, -0.2) is 58.3 Å². The summed E-state index contributed by atoms with van der Waals surface area (Å²) in [5.41, 5.74) is 2.47. The van der Waals surface area contributed by atoms with Gasteiger partial charge in [0.25, 0.3) is 0 Å². The number of imidazole rings is 1. The minimum Gasteiger partial charge on any atom is -0.358 e. The van der Waals surface area contributed by atoms with E-state index in [1.807, 2.05) is 48.2 Å². The van der Waals surface area contributed by atoms with Gasteiger partial charge in [-0.05, 0) is 56.6 Å². The fourth-order valence-corrected chi connectivity index (χ4v) is 4.29. The predicted octanol–water partition coefficient (Wildman–Crippen LogP) is 1.98. The van der Waals surface area contributed by atoms with Crippen LogP contribution in [0.4, 0.5) is 5.69 Å². The number of aromatic amines is 1. The zero-order chi connectivity index (χ0) is 21.1. The summed E-state index contributed by atoms with van der Waals surface area (Å²) in [5.74, 6) is 0.660. The molecule has 0 spiro atoms. The van der Waals surface area contributed by atoms with Crippen molar-refractivity contribution in [1.82, 2.24) is 25.2 Å². The Kier molecular flexibility index (Phi) is 5.50. The van der Waals surface area contributed by atoms with Crippen molar-refractivity contribution in [3.05, 3.63) is 54.1 Å². The first kappa shape index (κ1) is 20.0. The summed E-state index contributed by atoms with van der Waals surface area (Å²) < 4.78 is 0. The molecule has 1 fully saturated rings. The van der Waals surface area contributed by atoms with Crippen LogP contribution in [-0.2, 0) is 15.0 Å². The molecule has 3 aromatic rings. The van der Waals surface area contributed by atoms with E-state index in [-0.39, 0.29) is 18.4 Å². The Morgan fingerprint density at radius 1 is 1.27 bits per heavy atom. The van der Waals surface area contributed by atoms with Gasteiger partial charge in [0.05, 0.1) is 23.3 Å². The number of carbonyl (C=O) groups is 2. The number of aromatic nitrogens is 3. The summed E-state index contributed by atoms with van der Waals surface area (Å²) in [6, 6.07) is 11.2. The fraction of sp³-hybridized carbons (Fsp3) is 0.364. The number of hydrogen-bond donors (Lipinski definition) is 3. The van der Waals surface area contributed by atoms with Crippen LogP contribution in [0, 0.1) is 6.92 Å². The van der Waals surface area contributed by atoms with Crippen molar-refractivity contribution in [3.8, 4) is 0 Å². The van der Waals surface area contributed by atoms with Gasteiger partial charge in [0, 0.05) is 25.5 Å². The highest BCUT2D eigenvalue weighted by atomic mass is 16.2. The number of rotatable bonds is 5. The maximum atomic E-state index is 12.9. The Labute approximate surface area is 175 Å². The van der Waals surface area contributed by atoms with Crippen molar-refractivity contribution < 1.29 is 9.59 Å². The SMILES string of the molecule is CNC(=O)C1(c2ccccn2)CCCN(CC(=O)Nc2ccc3nc(C)[nH]c3c2)C1. The molecule has 30 heavy (non-hydrogen) atoms. The molecule has 1 aliphatic rings. The highest BCUT2D eigenvalue weighted by Gasteiger charge is 2.44. The first-order valence-corrected chi connectivity index (χ1v) is 10.1. The van der Waals surface area contributed by atoms with Crippen molar-refractivity contribution in [2.75, 3.05) is 32.0 Å². The van der Waals surface area contributed by atoms with E-state index in [4.69, 9.17) is 0 Å². The third kappa shape index (κ3) is 3.91. The van der Waals surface area contributed by atoms with Gasteiger partial charge in [0.15, 0.2) is 0 Å². The molecular weight excluding hydrogens is 380 g/mol. The summed E-state index contributed by atoms with van der Waals surface area (Å²) in [4.78, 5) is 39.6. The number of benzene rings is 1. The van der Waals surface area contributed by atoms with Crippen molar-refractivity contribution in [3.63, 3.8) is 0 Å². The van der Waals surface area contributed by atoms with Gasteiger partial charge in [-0.15, -0.1) is 0 Å². The van der Waals surface area contributed by atoms with Gasteiger partial charge in [-0.25, -0.2) is 4.98 Å². The van der Waals surface area contributed by atoms with Crippen LogP contribution in [0.15, 0.2) is 42.6 Å². The monoisotopic (exact) mass is 406 g/mol. The summed E-state index contributed by atoms with van der Waals surface area (Å²) >= 11 is 0. The Balaban J connectivity index is 1.48. The quantitative estimate of drug-likeness (QED) is 0.601. The zero-order valence-corrected chi connectivity index (χ0v) is 17.2. The molecule has 8 nitrogen and oxygen atoms in total. The second kappa shape index (κ2) is 8.23. The average molecular weight is 406 g/mol. The van der Waals surface area contributed by atoms with Crippen LogP contribution < -0.4 is 10.6 Å².